The Morgan fingerprint density at radius 2 is 1.67 bits per heavy atom. The van der Waals surface area contributed by atoms with Crippen molar-refractivity contribution in [2.75, 3.05) is 0 Å². The number of fused-ring (bicyclic) bond motifs is 2. The second-order valence-corrected chi connectivity index (χ2v) is 4.55. The van der Waals surface area contributed by atoms with Crippen LogP contribution in [0, 0.1) is 0 Å². The number of rotatable bonds is 1. The standard InChI is InChI=1S/C10H19NO/c1-7(2)11-8-3-4-9(11)6-10(12)5-8/h7-10,12H,3-6H2,1-2H3/t8-,9?,10-/m1/s1. The van der Waals surface area contributed by atoms with Crippen molar-refractivity contribution in [1.29, 1.82) is 0 Å². The van der Waals surface area contributed by atoms with Gasteiger partial charge in [0, 0.05) is 18.1 Å². The molecule has 2 heteroatoms. The first-order valence-corrected chi connectivity index (χ1v) is 5.14. The van der Waals surface area contributed by atoms with Gasteiger partial charge in [-0.05, 0) is 39.5 Å². The Kier molecular flexibility index (Phi) is 2.13. The lowest BCUT2D eigenvalue weighted by molar-refractivity contribution is 0.0187. The van der Waals surface area contributed by atoms with Crippen LogP contribution in [0.1, 0.15) is 39.5 Å². The summed E-state index contributed by atoms with van der Waals surface area (Å²) in [6.45, 7) is 4.53. The minimum atomic E-state index is -0.0162. The van der Waals surface area contributed by atoms with E-state index in [-0.39, 0.29) is 6.10 Å². The van der Waals surface area contributed by atoms with Crippen LogP contribution in [0.2, 0.25) is 0 Å². The summed E-state index contributed by atoms with van der Waals surface area (Å²) < 4.78 is 0. The van der Waals surface area contributed by atoms with Gasteiger partial charge in [0.25, 0.3) is 0 Å². The summed E-state index contributed by atoms with van der Waals surface area (Å²) >= 11 is 0. The molecule has 70 valence electrons. The van der Waals surface area contributed by atoms with Crippen molar-refractivity contribution in [1.82, 2.24) is 4.90 Å². The Balaban J connectivity index is 2.09. The van der Waals surface area contributed by atoms with Gasteiger partial charge in [-0.1, -0.05) is 0 Å². The first-order valence-electron chi connectivity index (χ1n) is 5.14. The molecule has 2 nitrogen and oxygen atoms in total. The molecule has 12 heavy (non-hydrogen) atoms. The number of aliphatic hydroxyl groups is 1. The highest BCUT2D eigenvalue weighted by molar-refractivity contribution is 4.96. The zero-order valence-corrected chi connectivity index (χ0v) is 8.03. The molecule has 2 aliphatic heterocycles. The zero-order valence-electron chi connectivity index (χ0n) is 8.03. The van der Waals surface area contributed by atoms with Crippen molar-refractivity contribution in [3.63, 3.8) is 0 Å². The average Bonchev–Trinajstić information content (AvgIpc) is 2.24. The van der Waals surface area contributed by atoms with Gasteiger partial charge in [0.1, 0.15) is 0 Å². The van der Waals surface area contributed by atoms with Gasteiger partial charge < -0.3 is 5.11 Å². The second-order valence-electron chi connectivity index (χ2n) is 4.55. The average molecular weight is 169 g/mol. The molecule has 0 amide bonds. The largest absolute Gasteiger partial charge is 0.393 e. The van der Waals surface area contributed by atoms with Crippen LogP contribution in [0.4, 0.5) is 0 Å². The lowest BCUT2D eigenvalue weighted by Gasteiger charge is -2.39. The summed E-state index contributed by atoms with van der Waals surface area (Å²) in [6, 6.07) is 2.02. The molecular weight excluding hydrogens is 150 g/mol. The topological polar surface area (TPSA) is 23.5 Å². The van der Waals surface area contributed by atoms with E-state index in [1.54, 1.807) is 0 Å². The summed E-state index contributed by atoms with van der Waals surface area (Å²) in [6.07, 6.45) is 4.61. The van der Waals surface area contributed by atoms with Gasteiger partial charge in [-0.25, -0.2) is 0 Å². The quantitative estimate of drug-likeness (QED) is 0.641. The second kappa shape index (κ2) is 3.00. The van der Waals surface area contributed by atoms with Crippen molar-refractivity contribution in [3.8, 4) is 0 Å². The van der Waals surface area contributed by atoms with E-state index in [9.17, 15) is 5.11 Å². The first kappa shape index (κ1) is 8.52. The molecule has 2 aliphatic rings. The molecule has 0 spiro atoms. The maximum atomic E-state index is 9.56. The summed E-state index contributed by atoms with van der Waals surface area (Å²) in [5.74, 6) is 0. The van der Waals surface area contributed by atoms with Gasteiger partial charge in [-0.3, -0.25) is 4.90 Å². The molecule has 0 aromatic carbocycles. The fraction of sp³-hybridized carbons (Fsp3) is 1.00. The molecule has 2 heterocycles. The highest BCUT2D eigenvalue weighted by Crippen LogP contribution is 2.36. The molecule has 2 saturated heterocycles. The van der Waals surface area contributed by atoms with Crippen molar-refractivity contribution in [3.05, 3.63) is 0 Å². The summed E-state index contributed by atoms with van der Waals surface area (Å²) in [7, 11) is 0. The van der Waals surface area contributed by atoms with Gasteiger partial charge in [-0.15, -0.1) is 0 Å². The highest BCUT2D eigenvalue weighted by Gasteiger charge is 2.40. The van der Waals surface area contributed by atoms with Gasteiger partial charge in [-0.2, -0.15) is 0 Å². The fourth-order valence-electron chi connectivity index (χ4n) is 3.03. The fourth-order valence-corrected chi connectivity index (χ4v) is 3.03. The molecule has 2 fully saturated rings. The number of nitrogens with zero attached hydrogens (tertiary/aromatic N) is 1. The molecule has 0 radical (unpaired) electrons. The van der Waals surface area contributed by atoms with E-state index >= 15 is 0 Å². The van der Waals surface area contributed by atoms with E-state index in [0.717, 1.165) is 12.8 Å². The monoisotopic (exact) mass is 169 g/mol. The number of hydrogen-bond acceptors (Lipinski definition) is 2. The Labute approximate surface area is 74.6 Å². The van der Waals surface area contributed by atoms with Crippen LogP contribution < -0.4 is 0 Å². The molecule has 0 aromatic heterocycles. The normalized spacial score (nSPS) is 42.5. The molecule has 1 N–H and O–H groups in total. The Hall–Kier alpha value is -0.0800. The SMILES string of the molecule is CC(C)N1C2CC[C@@H]1C[C@@H](O)C2. The third kappa shape index (κ3) is 1.27. The van der Waals surface area contributed by atoms with Gasteiger partial charge in [0.15, 0.2) is 0 Å². The molecule has 2 rings (SSSR count). The smallest absolute Gasteiger partial charge is 0.0570 e. The van der Waals surface area contributed by atoms with Crippen LogP contribution >= 0.6 is 0 Å². The van der Waals surface area contributed by atoms with Gasteiger partial charge >= 0.3 is 0 Å². The predicted molar refractivity (Wildman–Crippen MR) is 49.0 cm³/mol. The summed E-state index contributed by atoms with van der Waals surface area (Å²) in [4.78, 5) is 2.60. The Morgan fingerprint density at radius 3 is 2.08 bits per heavy atom. The first-order chi connectivity index (χ1) is 5.68. The van der Waals surface area contributed by atoms with Crippen LogP contribution in [0.25, 0.3) is 0 Å². The minimum absolute atomic E-state index is 0.0162. The molecule has 0 aliphatic carbocycles. The predicted octanol–water partition coefficient (Wildman–Crippen LogP) is 1.38. The zero-order chi connectivity index (χ0) is 8.72. The van der Waals surface area contributed by atoms with Crippen LogP contribution in [-0.2, 0) is 0 Å². The van der Waals surface area contributed by atoms with E-state index in [4.69, 9.17) is 0 Å². The molecular formula is C10H19NO. The van der Waals surface area contributed by atoms with Crippen LogP contribution in [0.3, 0.4) is 0 Å². The number of aliphatic hydroxyl groups excluding tert-OH is 1. The molecule has 3 atom stereocenters. The third-order valence-electron chi connectivity index (χ3n) is 3.36. The van der Waals surface area contributed by atoms with E-state index in [1.807, 2.05) is 0 Å². The van der Waals surface area contributed by atoms with Crippen molar-refractivity contribution in [2.24, 2.45) is 0 Å². The Bertz CT molecular complexity index is 155. The maximum absolute atomic E-state index is 9.56. The van der Waals surface area contributed by atoms with E-state index in [2.05, 4.69) is 18.7 Å². The van der Waals surface area contributed by atoms with E-state index in [0.29, 0.717) is 18.1 Å². The van der Waals surface area contributed by atoms with Crippen molar-refractivity contribution >= 4 is 0 Å². The highest BCUT2D eigenvalue weighted by atomic mass is 16.3. The van der Waals surface area contributed by atoms with Gasteiger partial charge in [0.05, 0.1) is 6.10 Å². The lowest BCUT2D eigenvalue weighted by Crippen LogP contribution is -2.48. The molecule has 1 unspecified atom stereocenters. The lowest BCUT2D eigenvalue weighted by atomic mass is 9.98. The van der Waals surface area contributed by atoms with Crippen LogP contribution in [0.5, 0.6) is 0 Å². The van der Waals surface area contributed by atoms with Crippen molar-refractivity contribution in [2.45, 2.75) is 63.8 Å². The minimum Gasteiger partial charge on any atom is -0.393 e. The van der Waals surface area contributed by atoms with Crippen LogP contribution in [-0.4, -0.2) is 34.2 Å². The van der Waals surface area contributed by atoms with Crippen LogP contribution in [0.15, 0.2) is 0 Å². The third-order valence-corrected chi connectivity index (χ3v) is 3.36. The molecule has 2 bridgehead atoms. The van der Waals surface area contributed by atoms with E-state index < -0.39 is 0 Å². The number of hydrogen-bond donors (Lipinski definition) is 1. The van der Waals surface area contributed by atoms with Crippen molar-refractivity contribution < 1.29 is 5.11 Å². The number of piperidine rings is 1. The summed E-state index contributed by atoms with van der Waals surface area (Å²) in [5, 5.41) is 9.56. The van der Waals surface area contributed by atoms with E-state index in [1.165, 1.54) is 12.8 Å². The molecule has 0 saturated carbocycles. The summed E-state index contributed by atoms with van der Waals surface area (Å²) in [5.41, 5.74) is 0. The Morgan fingerprint density at radius 1 is 1.17 bits per heavy atom. The van der Waals surface area contributed by atoms with Gasteiger partial charge in [0.2, 0.25) is 0 Å². The molecule has 0 aromatic rings. The maximum Gasteiger partial charge on any atom is 0.0570 e.